The monoisotopic (exact) mass is 2110 g/mol. The van der Waals surface area contributed by atoms with Gasteiger partial charge in [0.2, 0.25) is 52.9 Å². The number of nitrogens with zero attached hydrogens (tertiary/aromatic N) is 12. The van der Waals surface area contributed by atoms with Crippen LogP contribution in [0.3, 0.4) is 0 Å². The van der Waals surface area contributed by atoms with Crippen LogP contribution in [0, 0.1) is 5.92 Å². The van der Waals surface area contributed by atoms with Crippen LogP contribution in [-0.4, -0.2) is 359 Å². The van der Waals surface area contributed by atoms with E-state index in [2.05, 4.69) is 96.2 Å². The molecule has 11 N–H and O–H groups in total. The molecule has 150 heavy (non-hydrogen) atoms. The van der Waals surface area contributed by atoms with Gasteiger partial charge in [-0.25, -0.2) is 19.7 Å². The molecule has 2 fully saturated rings. The van der Waals surface area contributed by atoms with Gasteiger partial charge in [0, 0.05) is 199 Å². The van der Waals surface area contributed by atoms with Crippen LogP contribution in [0.2, 0.25) is 5.02 Å². The molecular weight excluding hydrogens is 1970 g/mol. The maximum atomic E-state index is 13.5. The number of likely N-dealkylation sites (tertiary alicyclic amines) is 1. The fraction of sp³-hybridized carbons (Fsp3) is 0.539. The number of nitrogens with one attached hydrogen (secondary N) is 11. The molecule has 3 aromatic carbocycles. The van der Waals surface area contributed by atoms with E-state index in [1.165, 1.54) is 66.0 Å². The number of rotatable bonds is 63. The summed E-state index contributed by atoms with van der Waals surface area (Å²) in [5.41, 5.74) is 5.81. The van der Waals surface area contributed by atoms with Gasteiger partial charge in [0.15, 0.2) is 17.5 Å². The molecule has 3 aliphatic heterocycles. The Morgan fingerprint density at radius 2 is 0.793 bits per heavy atom. The highest BCUT2D eigenvalue weighted by atomic mass is 35.5. The third kappa shape index (κ3) is 40.0. The number of piperazine rings is 1. The number of benzene rings is 3. The van der Waals surface area contributed by atoms with Crippen LogP contribution >= 0.6 is 11.6 Å². The molecule has 3 aliphatic rings. The number of carbonyl (C=O) groups excluding carboxylic acids is 12. The summed E-state index contributed by atoms with van der Waals surface area (Å²) in [6, 6.07) is 24.3. The van der Waals surface area contributed by atoms with E-state index in [4.69, 9.17) is 68.4 Å². The van der Waals surface area contributed by atoms with Crippen molar-refractivity contribution in [3.05, 3.63) is 149 Å². The Morgan fingerprint density at radius 1 is 0.387 bits per heavy atom. The number of fused-ring (bicyclic) bond motifs is 1. The number of ether oxygens (including phenoxy) is 12. The molecule has 48 heteroatoms. The molecule has 8 aromatic rings. The van der Waals surface area contributed by atoms with E-state index in [0.717, 1.165) is 99.7 Å². The van der Waals surface area contributed by atoms with Crippen LogP contribution in [0.15, 0.2) is 110 Å². The Morgan fingerprint density at radius 3 is 1.26 bits per heavy atom. The number of hydrogen-bond donors (Lipinski definition) is 11. The Bertz CT molecular complexity index is 5710. The highest BCUT2D eigenvalue weighted by molar-refractivity contribution is 6.30. The summed E-state index contributed by atoms with van der Waals surface area (Å²) in [5.74, 6) is -4.21. The number of piperidine rings is 1. The minimum absolute atomic E-state index is 0.00470. The van der Waals surface area contributed by atoms with Crippen molar-refractivity contribution in [2.45, 2.75) is 97.2 Å². The van der Waals surface area contributed by atoms with Crippen LogP contribution in [0.1, 0.15) is 144 Å². The Kier molecular flexibility index (Phi) is 47.8. The van der Waals surface area contributed by atoms with E-state index in [1.807, 2.05) is 91.2 Å². The first-order valence-corrected chi connectivity index (χ1v) is 50.8. The maximum Gasteiger partial charge on any atom is 0.410 e. The van der Waals surface area contributed by atoms with Crippen LogP contribution in [0.25, 0.3) is 11.1 Å². The minimum Gasteiger partial charge on any atom is -0.444 e. The number of aryl methyl sites for hydroxylation is 5. The number of halogens is 1. The summed E-state index contributed by atoms with van der Waals surface area (Å²) in [6.45, 7) is 24.0. The van der Waals surface area contributed by atoms with Crippen molar-refractivity contribution in [3.8, 4) is 11.1 Å². The summed E-state index contributed by atoms with van der Waals surface area (Å²) < 4.78 is 74.2. The van der Waals surface area contributed by atoms with Gasteiger partial charge in [-0.1, -0.05) is 29.8 Å². The molecule has 2 saturated heterocycles. The predicted molar refractivity (Wildman–Crippen MR) is 559 cm³/mol. The molecule has 12 amide bonds. The number of anilines is 8. The van der Waals surface area contributed by atoms with Crippen molar-refractivity contribution in [3.63, 3.8) is 0 Å². The molecule has 11 rings (SSSR count). The van der Waals surface area contributed by atoms with Gasteiger partial charge in [-0.3, -0.25) is 57.6 Å². The van der Waals surface area contributed by atoms with E-state index >= 15 is 0 Å². The average molecular weight is 2110 g/mol. The standard InChI is InChI=1S/C102H144ClN23O24/c1-70-59-81(108-76-18-14-75(103)15-19-76)80-60-74(13-20-82(80)126(70)71(2)127)73-11-16-77(17-12-73)109-91(131)26-38-139-41-44-142-47-49-144-51-53-146-55-56-147-54-52-145-50-48-143-45-42-140-39-30-107-98(135)93-115-85(66-120(93)8)112-89(129)22-28-105-96(133)83-62-79(65-118(83)6)111-100(137)95-117-87(68-122(95)10)114-90(130)23-29-106-97(134)84-61-78(64-119(84)7)110-99(136)94-116-86(67-121(94)9)113-88(128)21-27-104-92(132)69-149-58-57-148-46-43-141-40-37-123-33-35-124(36-34-123)63-72-24-31-125(32-25-72)101(138)150-102(3,4)5/h11-20,60-62,64-68,70,72,81,108H,21-59,63,69H2,1-10H3,(H,104,132)(H,105,133)(H,106,134)(H,107,135)(H,109,131)(H,110,136)(H,111,137)(H,112,129)(H,113,128)(H,114,130)/t70-,81+/m0/s1. The third-order valence-electron chi connectivity index (χ3n) is 24.1. The molecule has 818 valence electrons. The maximum absolute atomic E-state index is 13.5. The summed E-state index contributed by atoms with van der Waals surface area (Å²) in [6.07, 6.45) is 9.61. The molecule has 0 aliphatic carbocycles. The lowest BCUT2D eigenvalue weighted by Crippen LogP contribution is -2.50. The normalized spacial score (nSPS) is 14.4. The number of imidazole rings is 3. The topological polar surface area (TPSA) is 524 Å². The summed E-state index contributed by atoms with van der Waals surface area (Å²) in [5, 5.41) is 31.2. The van der Waals surface area contributed by atoms with Gasteiger partial charge in [0.05, 0.1) is 163 Å². The number of carbonyl (C=O) groups is 12. The van der Waals surface area contributed by atoms with Gasteiger partial charge in [0.1, 0.15) is 23.6 Å². The SMILES string of the molecule is CC(=O)N1c2ccc(-c3ccc(NC(=O)CCOCCOCCOCCOCCOCCOCCOCCOCCNC(=O)c4nc(NC(=O)CCNC(=O)c5cc(NC(=O)c6nc(NC(=O)CCNC(=O)c7cc(NC(=O)c8nc(NC(=O)CCNC(=O)COCCOCCOCCN9CCN(CC%10CCN(C(=O)OC(C)(C)C)CC%10)CC9)cn8C)cn7C)cn6C)cn5C)cn4C)cc3)cc2[C@H](Nc2ccc(Cl)cc2)C[C@@H]1C. The van der Waals surface area contributed by atoms with Gasteiger partial charge in [-0.15, -0.1) is 0 Å². The van der Waals surface area contributed by atoms with E-state index in [1.54, 1.807) is 42.2 Å². The molecular formula is C102H144ClN23O24. The first kappa shape index (κ1) is 117. The predicted octanol–water partition coefficient (Wildman–Crippen LogP) is 6.86. The first-order valence-electron chi connectivity index (χ1n) is 50.4. The summed E-state index contributed by atoms with van der Waals surface area (Å²) in [7, 11) is 7.89. The van der Waals surface area contributed by atoms with E-state index in [9.17, 15) is 57.5 Å². The second-order valence-corrected chi connectivity index (χ2v) is 37.5. The lowest BCUT2D eigenvalue weighted by atomic mass is 9.89. The lowest BCUT2D eigenvalue weighted by Gasteiger charge is -2.39. The van der Waals surface area contributed by atoms with Gasteiger partial charge in [0.25, 0.3) is 29.5 Å². The van der Waals surface area contributed by atoms with Crippen LogP contribution in [0.4, 0.5) is 50.7 Å². The number of hydrogen-bond acceptors (Lipinski definition) is 30. The molecule has 8 heterocycles. The number of aromatic nitrogens is 8. The zero-order chi connectivity index (χ0) is 107. The van der Waals surface area contributed by atoms with Crippen molar-refractivity contribution in [2.24, 2.45) is 41.2 Å². The molecule has 0 radical (unpaired) electrons. The average Bonchev–Trinajstić information content (AvgIpc) is 1.44. The molecule has 0 unspecified atom stereocenters. The second kappa shape index (κ2) is 61.2. The van der Waals surface area contributed by atoms with Crippen LogP contribution in [0.5, 0.6) is 0 Å². The lowest BCUT2D eigenvalue weighted by molar-refractivity contribution is -0.126. The van der Waals surface area contributed by atoms with E-state index < -0.39 is 58.8 Å². The van der Waals surface area contributed by atoms with Crippen molar-refractivity contribution < 1.29 is 114 Å². The zero-order valence-corrected chi connectivity index (χ0v) is 87.9. The second-order valence-electron chi connectivity index (χ2n) is 37.1. The molecule has 2 atom stereocenters. The fourth-order valence-corrected chi connectivity index (χ4v) is 16.7. The van der Waals surface area contributed by atoms with Crippen molar-refractivity contribution >= 4 is 129 Å². The molecule has 0 bridgehead atoms. The van der Waals surface area contributed by atoms with Crippen molar-refractivity contribution in [2.75, 3.05) is 266 Å². The van der Waals surface area contributed by atoms with Gasteiger partial charge >= 0.3 is 6.09 Å². The molecule has 0 spiro atoms. The zero-order valence-electron chi connectivity index (χ0n) is 87.2. The Balaban J connectivity index is 0.440. The molecule has 47 nitrogen and oxygen atoms in total. The van der Waals surface area contributed by atoms with Crippen molar-refractivity contribution in [1.82, 2.24) is 73.8 Å². The van der Waals surface area contributed by atoms with Gasteiger partial charge in [-0.05, 0) is 130 Å². The quantitative estimate of drug-likeness (QED) is 0.0173. The molecule has 0 saturated carbocycles. The van der Waals surface area contributed by atoms with Crippen LogP contribution < -0.4 is 63.4 Å². The highest BCUT2D eigenvalue weighted by Gasteiger charge is 2.35. The van der Waals surface area contributed by atoms with Gasteiger partial charge in [-0.2, -0.15) is 0 Å². The first-order chi connectivity index (χ1) is 72.2. The summed E-state index contributed by atoms with van der Waals surface area (Å²) in [4.78, 5) is 177. The van der Waals surface area contributed by atoms with Crippen LogP contribution in [-0.2, 0) is 121 Å². The smallest absolute Gasteiger partial charge is 0.410 e. The summed E-state index contributed by atoms with van der Waals surface area (Å²) >= 11 is 6.15. The fourth-order valence-electron chi connectivity index (χ4n) is 16.5. The van der Waals surface area contributed by atoms with Gasteiger partial charge < -0.3 is 153 Å². The largest absolute Gasteiger partial charge is 0.444 e. The number of amides is 12. The van der Waals surface area contributed by atoms with E-state index in [0.29, 0.717) is 122 Å². The third-order valence-corrected chi connectivity index (χ3v) is 24.3. The highest BCUT2D eigenvalue weighted by Crippen LogP contribution is 2.42. The molecule has 5 aromatic heterocycles. The Labute approximate surface area is 877 Å². The van der Waals surface area contributed by atoms with Crippen molar-refractivity contribution in [1.29, 1.82) is 0 Å². The minimum atomic E-state index is -0.663. The van der Waals surface area contributed by atoms with E-state index in [-0.39, 0.29) is 179 Å². The Hall–Kier alpha value is -13.1.